The highest BCUT2D eigenvalue weighted by Gasteiger charge is 2.30. The van der Waals surface area contributed by atoms with Gasteiger partial charge in [-0.05, 0) is 30.0 Å². The number of carbonyl (C=O) groups is 1. The summed E-state index contributed by atoms with van der Waals surface area (Å²) in [7, 11) is 0. The monoisotopic (exact) mass is 323 g/mol. The molecule has 1 atom stereocenters. The SMILES string of the molecule is CC(N)(C(=O)NCCN1CCc2ccccc2C1)c1ccccc1. The molecule has 1 aliphatic heterocycles. The van der Waals surface area contributed by atoms with Crippen LogP contribution in [0.15, 0.2) is 54.6 Å². The zero-order valence-electron chi connectivity index (χ0n) is 14.2. The van der Waals surface area contributed by atoms with Gasteiger partial charge in [0.15, 0.2) is 0 Å². The topological polar surface area (TPSA) is 58.4 Å². The molecule has 1 heterocycles. The number of nitrogens with one attached hydrogen (secondary N) is 1. The van der Waals surface area contributed by atoms with Crippen LogP contribution in [0.3, 0.4) is 0 Å². The fraction of sp³-hybridized carbons (Fsp3) is 0.350. The smallest absolute Gasteiger partial charge is 0.244 e. The molecule has 4 nitrogen and oxygen atoms in total. The Morgan fingerprint density at radius 3 is 2.54 bits per heavy atom. The minimum atomic E-state index is -1.00. The lowest BCUT2D eigenvalue weighted by atomic mass is 9.92. The Kier molecular flexibility index (Phi) is 4.97. The van der Waals surface area contributed by atoms with E-state index in [1.54, 1.807) is 6.92 Å². The molecular formula is C20H25N3O. The molecule has 1 aliphatic rings. The molecule has 2 aromatic rings. The molecular weight excluding hydrogens is 298 g/mol. The highest BCUT2D eigenvalue weighted by Crippen LogP contribution is 2.19. The van der Waals surface area contributed by atoms with Gasteiger partial charge < -0.3 is 11.1 Å². The maximum Gasteiger partial charge on any atom is 0.244 e. The molecule has 0 aromatic heterocycles. The van der Waals surface area contributed by atoms with Crippen molar-refractivity contribution in [2.24, 2.45) is 5.73 Å². The molecule has 0 radical (unpaired) electrons. The Hall–Kier alpha value is -2.17. The summed E-state index contributed by atoms with van der Waals surface area (Å²) in [4.78, 5) is 14.8. The number of nitrogens with two attached hydrogens (primary N) is 1. The van der Waals surface area contributed by atoms with Gasteiger partial charge in [-0.1, -0.05) is 54.6 Å². The summed E-state index contributed by atoms with van der Waals surface area (Å²) < 4.78 is 0. The van der Waals surface area contributed by atoms with Crippen LogP contribution in [0.5, 0.6) is 0 Å². The number of nitrogens with zero attached hydrogens (tertiary/aromatic N) is 1. The van der Waals surface area contributed by atoms with Crippen molar-refractivity contribution in [2.75, 3.05) is 19.6 Å². The Labute approximate surface area is 143 Å². The normalized spacial score (nSPS) is 16.9. The third kappa shape index (κ3) is 3.66. The number of benzene rings is 2. The summed E-state index contributed by atoms with van der Waals surface area (Å²) >= 11 is 0. The predicted molar refractivity (Wildman–Crippen MR) is 96.4 cm³/mol. The van der Waals surface area contributed by atoms with Crippen molar-refractivity contribution < 1.29 is 4.79 Å². The van der Waals surface area contributed by atoms with E-state index in [1.165, 1.54) is 11.1 Å². The molecule has 0 saturated heterocycles. The number of rotatable bonds is 5. The van der Waals surface area contributed by atoms with E-state index in [4.69, 9.17) is 5.73 Å². The fourth-order valence-electron chi connectivity index (χ4n) is 3.17. The van der Waals surface area contributed by atoms with Crippen LogP contribution in [0.1, 0.15) is 23.6 Å². The Morgan fingerprint density at radius 1 is 1.12 bits per heavy atom. The molecule has 4 heteroatoms. The molecule has 24 heavy (non-hydrogen) atoms. The lowest BCUT2D eigenvalue weighted by Crippen LogP contribution is -2.50. The lowest BCUT2D eigenvalue weighted by molar-refractivity contribution is -0.126. The van der Waals surface area contributed by atoms with E-state index >= 15 is 0 Å². The van der Waals surface area contributed by atoms with Gasteiger partial charge >= 0.3 is 0 Å². The van der Waals surface area contributed by atoms with E-state index < -0.39 is 5.54 Å². The van der Waals surface area contributed by atoms with Gasteiger partial charge in [0.05, 0.1) is 0 Å². The average Bonchev–Trinajstić information content (AvgIpc) is 2.62. The van der Waals surface area contributed by atoms with E-state index in [0.29, 0.717) is 6.54 Å². The fourth-order valence-corrected chi connectivity index (χ4v) is 3.17. The van der Waals surface area contributed by atoms with Crippen LogP contribution in [0, 0.1) is 0 Å². The molecule has 0 bridgehead atoms. The number of hydrogen-bond donors (Lipinski definition) is 2. The van der Waals surface area contributed by atoms with Gasteiger partial charge in [-0.3, -0.25) is 9.69 Å². The van der Waals surface area contributed by atoms with Crippen molar-refractivity contribution in [2.45, 2.75) is 25.4 Å². The van der Waals surface area contributed by atoms with Crippen LogP contribution in [-0.4, -0.2) is 30.4 Å². The van der Waals surface area contributed by atoms with Gasteiger partial charge in [0.25, 0.3) is 0 Å². The molecule has 1 unspecified atom stereocenters. The van der Waals surface area contributed by atoms with Crippen LogP contribution in [0.25, 0.3) is 0 Å². The van der Waals surface area contributed by atoms with Crippen molar-refractivity contribution in [1.82, 2.24) is 10.2 Å². The first-order valence-corrected chi connectivity index (χ1v) is 8.49. The maximum atomic E-state index is 12.5. The number of fused-ring (bicyclic) bond motifs is 1. The second-order valence-electron chi connectivity index (χ2n) is 6.62. The van der Waals surface area contributed by atoms with Crippen LogP contribution >= 0.6 is 0 Å². The molecule has 0 spiro atoms. The van der Waals surface area contributed by atoms with Crippen molar-refractivity contribution in [3.05, 3.63) is 71.3 Å². The first-order valence-electron chi connectivity index (χ1n) is 8.49. The number of hydrogen-bond acceptors (Lipinski definition) is 3. The molecule has 126 valence electrons. The predicted octanol–water partition coefficient (Wildman–Crippen LogP) is 2.04. The number of amides is 1. The van der Waals surface area contributed by atoms with Crippen molar-refractivity contribution in [1.29, 1.82) is 0 Å². The second kappa shape index (κ2) is 7.16. The molecule has 0 fully saturated rings. The number of carbonyl (C=O) groups excluding carboxylic acids is 1. The van der Waals surface area contributed by atoms with Crippen molar-refractivity contribution >= 4 is 5.91 Å². The summed E-state index contributed by atoms with van der Waals surface area (Å²) in [6.07, 6.45) is 1.07. The summed E-state index contributed by atoms with van der Waals surface area (Å²) in [6, 6.07) is 18.1. The highest BCUT2D eigenvalue weighted by molar-refractivity contribution is 5.86. The minimum absolute atomic E-state index is 0.133. The quantitative estimate of drug-likeness (QED) is 0.885. The van der Waals surface area contributed by atoms with E-state index in [9.17, 15) is 4.79 Å². The van der Waals surface area contributed by atoms with Gasteiger partial charge in [0.1, 0.15) is 5.54 Å². The first-order chi connectivity index (χ1) is 11.6. The average molecular weight is 323 g/mol. The van der Waals surface area contributed by atoms with Crippen LogP contribution in [-0.2, 0) is 23.3 Å². The molecule has 3 N–H and O–H groups in total. The van der Waals surface area contributed by atoms with Crippen molar-refractivity contribution in [3.63, 3.8) is 0 Å². The maximum absolute atomic E-state index is 12.5. The van der Waals surface area contributed by atoms with E-state index in [1.807, 2.05) is 30.3 Å². The zero-order chi connectivity index (χ0) is 17.0. The van der Waals surface area contributed by atoms with Gasteiger partial charge in [-0.15, -0.1) is 0 Å². The molecule has 3 rings (SSSR count). The second-order valence-corrected chi connectivity index (χ2v) is 6.62. The zero-order valence-corrected chi connectivity index (χ0v) is 14.2. The van der Waals surface area contributed by atoms with E-state index in [-0.39, 0.29) is 5.91 Å². The third-order valence-electron chi connectivity index (χ3n) is 4.77. The highest BCUT2D eigenvalue weighted by atomic mass is 16.2. The molecule has 0 aliphatic carbocycles. The van der Waals surface area contributed by atoms with E-state index in [0.717, 1.165) is 31.6 Å². The Bertz CT molecular complexity index is 697. The van der Waals surface area contributed by atoms with Gasteiger partial charge in [-0.25, -0.2) is 0 Å². The van der Waals surface area contributed by atoms with Crippen LogP contribution in [0.4, 0.5) is 0 Å². The van der Waals surface area contributed by atoms with Crippen molar-refractivity contribution in [3.8, 4) is 0 Å². The van der Waals surface area contributed by atoms with Gasteiger partial charge in [0.2, 0.25) is 5.91 Å². The molecule has 2 aromatic carbocycles. The third-order valence-corrected chi connectivity index (χ3v) is 4.77. The summed E-state index contributed by atoms with van der Waals surface area (Å²) in [5.41, 5.74) is 8.90. The minimum Gasteiger partial charge on any atom is -0.353 e. The van der Waals surface area contributed by atoms with Crippen LogP contribution in [0.2, 0.25) is 0 Å². The Balaban J connectivity index is 1.51. The lowest BCUT2D eigenvalue weighted by Gasteiger charge is -2.29. The standard InChI is InChI=1S/C20H25N3O/c1-20(21,18-9-3-2-4-10-18)19(24)22-12-14-23-13-11-16-7-5-6-8-17(16)15-23/h2-10H,11-15,21H2,1H3,(H,22,24). The molecule has 0 saturated carbocycles. The van der Waals surface area contributed by atoms with Gasteiger partial charge in [0, 0.05) is 26.2 Å². The summed E-state index contributed by atoms with van der Waals surface area (Å²) in [6.45, 7) is 5.19. The van der Waals surface area contributed by atoms with Gasteiger partial charge in [-0.2, -0.15) is 0 Å². The summed E-state index contributed by atoms with van der Waals surface area (Å²) in [5, 5.41) is 2.99. The Morgan fingerprint density at radius 2 is 1.79 bits per heavy atom. The largest absolute Gasteiger partial charge is 0.353 e. The van der Waals surface area contributed by atoms with E-state index in [2.05, 4.69) is 34.5 Å². The first kappa shape index (κ1) is 16.7. The molecule has 1 amide bonds. The summed E-state index contributed by atoms with van der Waals surface area (Å²) in [5.74, 6) is -0.133. The van der Waals surface area contributed by atoms with Crippen LogP contribution < -0.4 is 11.1 Å².